The van der Waals surface area contributed by atoms with Gasteiger partial charge in [0.2, 0.25) is 0 Å². The van der Waals surface area contributed by atoms with Gasteiger partial charge in [0.05, 0.1) is 0 Å². The van der Waals surface area contributed by atoms with Gasteiger partial charge in [-0.25, -0.2) is 0 Å². The normalized spacial score (nSPS) is 30.2. The van der Waals surface area contributed by atoms with Crippen LogP contribution in [0.3, 0.4) is 0 Å². The zero-order valence-corrected chi connectivity index (χ0v) is 9.63. The standard InChI is InChI=1S/C12H25NO/c1-3-11(8-9-14)13-12-7-5-4-6-10(12)2/h10-14H,3-9H2,1-2H3. The molecule has 1 aliphatic carbocycles. The fraction of sp³-hybridized carbons (Fsp3) is 1.00. The van der Waals surface area contributed by atoms with Gasteiger partial charge in [-0.15, -0.1) is 0 Å². The lowest BCUT2D eigenvalue weighted by atomic mass is 9.85. The van der Waals surface area contributed by atoms with Crippen molar-refractivity contribution in [1.29, 1.82) is 0 Å². The largest absolute Gasteiger partial charge is 0.396 e. The molecule has 0 aromatic heterocycles. The van der Waals surface area contributed by atoms with E-state index < -0.39 is 0 Å². The maximum absolute atomic E-state index is 8.92. The average molecular weight is 199 g/mol. The van der Waals surface area contributed by atoms with Crippen molar-refractivity contribution in [3.63, 3.8) is 0 Å². The molecule has 0 amide bonds. The Morgan fingerprint density at radius 2 is 2.07 bits per heavy atom. The second kappa shape index (κ2) is 6.41. The molecule has 14 heavy (non-hydrogen) atoms. The summed E-state index contributed by atoms with van der Waals surface area (Å²) in [6, 6.07) is 1.21. The van der Waals surface area contributed by atoms with Crippen LogP contribution in [0.1, 0.15) is 52.4 Å². The summed E-state index contributed by atoms with van der Waals surface area (Å²) in [7, 11) is 0. The van der Waals surface area contributed by atoms with E-state index in [1.54, 1.807) is 0 Å². The summed E-state index contributed by atoms with van der Waals surface area (Å²) in [5.74, 6) is 0.816. The van der Waals surface area contributed by atoms with Gasteiger partial charge >= 0.3 is 0 Å². The minimum absolute atomic E-state index is 0.312. The Bertz CT molecular complexity index is 149. The molecule has 0 aliphatic heterocycles. The Morgan fingerprint density at radius 1 is 1.36 bits per heavy atom. The van der Waals surface area contributed by atoms with Gasteiger partial charge in [0.25, 0.3) is 0 Å². The smallest absolute Gasteiger partial charge is 0.0445 e. The predicted molar refractivity (Wildman–Crippen MR) is 60.3 cm³/mol. The van der Waals surface area contributed by atoms with E-state index in [1.165, 1.54) is 25.7 Å². The first-order chi connectivity index (χ1) is 6.77. The highest BCUT2D eigenvalue weighted by Crippen LogP contribution is 2.24. The molecule has 1 fully saturated rings. The molecule has 0 aromatic carbocycles. The van der Waals surface area contributed by atoms with Crippen LogP contribution in [0.15, 0.2) is 0 Å². The lowest BCUT2D eigenvalue weighted by molar-refractivity contribution is 0.219. The van der Waals surface area contributed by atoms with E-state index in [2.05, 4.69) is 19.2 Å². The van der Waals surface area contributed by atoms with E-state index in [1.807, 2.05) is 0 Å². The molecular weight excluding hydrogens is 174 g/mol. The summed E-state index contributed by atoms with van der Waals surface area (Å²) in [4.78, 5) is 0. The van der Waals surface area contributed by atoms with E-state index in [4.69, 9.17) is 5.11 Å². The van der Waals surface area contributed by atoms with Gasteiger partial charge in [0.15, 0.2) is 0 Å². The Kier molecular flexibility index (Phi) is 5.49. The van der Waals surface area contributed by atoms with Crippen LogP contribution in [-0.4, -0.2) is 23.8 Å². The van der Waals surface area contributed by atoms with Gasteiger partial charge in [-0.3, -0.25) is 0 Å². The van der Waals surface area contributed by atoms with Crippen molar-refractivity contribution < 1.29 is 5.11 Å². The first-order valence-electron chi connectivity index (χ1n) is 6.14. The summed E-state index contributed by atoms with van der Waals surface area (Å²) in [6.07, 6.45) is 7.49. The zero-order valence-electron chi connectivity index (χ0n) is 9.63. The molecular formula is C12H25NO. The number of rotatable bonds is 5. The van der Waals surface area contributed by atoms with Crippen LogP contribution in [0.4, 0.5) is 0 Å². The van der Waals surface area contributed by atoms with E-state index in [-0.39, 0.29) is 0 Å². The maximum Gasteiger partial charge on any atom is 0.0445 e. The van der Waals surface area contributed by atoms with Crippen LogP contribution in [0.2, 0.25) is 0 Å². The van der Waals surface area contributed by atoms with Crippen molar-refractivity contribution in [2.45, 2.75) is 64.5 Å². The molecule has 2 N–H and O–H groups in total. The number of hydrogen-bond donors (Lipinski definition) is 2. The Balaban J connectivity index is 2.31. The van der Waals surface area contributed by atoms with Crippen molar-refractivity contribution in [2.24, 2.45) is 5.92 Å². The van der Waals surface area contributed by atoms with Crippen molar-refractivity contribution in [3.05, 3.63) is 0 Å². The van der Waals surface area contributed by atoms with Crippen molar-refractivity contribution in [3.8, 4) is 0 Å². The summed E-state index contributed by atoms with van der Waals surface area (Å²) in [6.45, 7) is 4.86. The van der Waals surface area contributed by atoms with Crippen LogP contribution in [0.5, 0.6) is 0 Å². The predicted octanol–water partition coefficient (Wildman–Crippen LogP) is 2.32. The van der Waals surface area contributed by atoms with Crippen LogP contribution in [0.25, 0.3) is 0 Å². The van der Waals surface area contributed by atoms with Crippen LogP contribution in [-0.2, 0) is 0 Å². The Morgan fingerprint density at radius 3 is 2.64 bits per heavy atom. The topological polar surface area (TPSA) is 32.3 Å². The fourth-order valence-corrected chi connectivity index (χ4v) is 2.43. The average Bonchev–Trinajstić information content (AvgIpc) is 2.20. The molecule has 84 valence electrons. The highest BCUT2D eigenvalue weighted by molar-refractivity contribution is 4.81. The Hall–Kier alpha value is -0.0800. The highest BCUT2D eigenvalue weighted by Gasteiger charge is 2.22. The second-order valence-corrected chi connectivity index (χ2v) is 4.65. The van der Waals surface area contributed by atoms with Crippen LogP contribution in [0, 0.1) is 5.92 Å². The van der Waals surface area contributed by atoms with E-state index >= 15 is 0 Å². The van der Waals surface area contributed by atoms with Crippen LogP contribution >= 0.6 is 0 Å². The van der Waals surface area contributed by atoms with Gasteiger partial charge in [-0.2, -0.15) is 0 Å². The molecule has 3 atom stereocenters. The van der Waals surface area contributed by atoms with Crippen molar-refractivity contribution >= 4 is 0 Å². The molecule has 2 heteroatoms. The molecule has 1 aliphatic rings. The third-order valence-electron chi connectivity index (χ3n) is 3.53. The highest BCUT2D eigenvalue weighted by atomic mass is 16.3. The molecule has 0 radical (unpaired) electrons. The molecule has 3 unspecified atom stereocenters. The fourth-order valence-electron chi connectivity index (χ4n) is 2.43. The van der Waals surface area contributed by atoms with E-state index in [0.29, 0.717) is 18.7 Å². The third-order valence-corrected chi connectivity index (χ3v) is 3.53. The molecule has 2 nitrogen and oxygen atoms in total. The summed E-state index contributed by atoms with van der Waals surface area (Å²) >= 11 is 0. The summed E-state index contributed by atoms with van der Waals surface area (Å²) in [5.41, 5.74) is 0. The van der Waals surface area contributed by atoms with Gasteiger partial charge < -0.3 is 10.4 Å². The van der Waals surface area contributed by atoms with Crippen molar-refractivity contribution in [2.75, 3.05) is 6.61 Å². The van der Waals surface area contributed by atoms with Gasteiger partial charge in [-0.05, 0) is 31.6 Å². The van der Waals surface area contributed by atoms with Gasteiger partial charge in [0.1, 0.15) is 0 Å². The molecule has 0 spiro atoms. The minimum Gasteiger partial charge on any atom is -0.396 e. The molecule has 1 saturated carbocycles. The lowest BCUT2D eigenvalue weighted by Crippen LogP contribution is -2.43. The number of aliphatic hydroxyl groups excluding tert-OH is 1. The minimum atomic E-state index is 0.312. The summed E-state index contributed by atoms with van der Waals surface area (Å²) in [5, 5.41) is 12.6. The number of nitrogens with one attached hydrogen (secondary N) is 1. The maximum atomic E-state index is 8.92. The first kappa shape index (κ1) is 12.0. The van der Waals surface area contributed by atoms with Crippen LogP contribution < -0.4 is 5.32 Å². The first-order valence-corrected chi connectivity index (χ1v) is 6.14. The second-order valence-electron chi connectivity index (χ2n) is 4.65. The monoisotopic (exact) mass is 199 g/mol. The zero-order chi connectivity index (χ0) is 10.4. The van der Waals surface area contributed by atoms with E-state index in [9.17, 15) is 0 Å². The quantitative estimate of drug-likeness (QED) is 0.712. The third kappa shape index (κ3) is 3.58. The molecule has 1 rings (SSSR count). The van der Waals surface area contributed by atoms with Gasteiger partial charge in [0, 0.05) is 18.7 Å². The number of hydrogen-bond acceptors (Lipinski definition) is 2. The Labute approximate surface area is 88.1 Å². The lowest BCUT2D eigenvalue weighted by Gasteiger charge is -2.33. The van der Waals surface area contributed by atoms with Crippen molar-refractivity contribution in [1.82, 2.24) is 5.32 Å². The van der Waals surface area contributed by atoms with E-state index in [0.717, 1.165) is 18.8 Å². The molecule has 0 saturated heterocycles. The molecule has 0 bridgehead atoms. The van der Waals surface area contributed by atoms with Gasteiger partial charge in [-0.1, -0.05) is 26.7 Å². The number of aliphatic hydroxyl groups is 1. The molecule has 0 heterocycles. The molecule has 0 aromatic rings. The summed E-state index contributed by atoms with van der Waals surface area (Å²) < 4.78 is 0. The SMILES string of the molecule is CCC(CCO)NC1CCCCC1C.